The Kier molecular flexibility index (Phi) is 6.13. The van der Waals surface area contributed by atoms with Crippen molar-refractivity contribution in [1.82, 2.24) is 24.5 Å². The Labute approximate surface area is 223 Å². The summed E-state index contributed by atoms with van der Waals surface area (Å²) in [6.45, 7) is 3.53. The zero-order chi connectivity index (χ0) is 26.4. The van der Waals surface area contributed by atoms with Crippen LogP contribution in [0, 0.1) is 25.2 Å². The standard InChI is InChI=1S/C31H32N6O/c1-6-24-25(35(3)4)12-13-26-28(24)29-27(18-23(19-32-29)30-20(2)33-34-36(30)5)37(26)31(21-10-8-7-9-11-21)22-14-16-38-17-15-22/h1,7-13,18-19,22,31H,14-17H2,2-5H3/t31-/m1/s1. The molecule has 38 heavy (non-hydrogen) atoms. The first-order valence-corrected chi connectivity index (χ1v) is 13.1. The summed E-state index contributed by atoms with van der Waals surface area (Å²) in [4.78, 5) is 7.14. The Hall–Kier alpha value is -4.15. The molecule has 192 valence electrons. The first-order chi connectivity index (χ1) is 18.5. The molecule has 0 bridgehead atoms. The molecule has 0 unspecified atom stereocenters. The third kappa shape index (κ3) is 3.84. The van der Waals surface area contributed by atoms with E-state index in [1.54, 1.807) is 0 Å². The number of terminal acetylenes is 1. The number of hydrogen-bond acceptors (Lipinski definition) is 5. The van der Waals surface area contributed by atoms with E-state index in [9.17, 15) is 0 Å². The van der Waals surface area contributed by atoms with Crippen LogP contribution in [0.4, 0.5) is 5.69 Å². The van der Waals surface area contributed by atoms with Crippen LogP contribution in [-0.2, 0) is 11.8 Å². The van der Waals surface area contributed by atoms with Gasteiger partial charge in [-0.05, 0) is 49.4 Å². The summed E-state index contributed by atoms with van der Waals surface area (Å²) in [5, 5.41) is 9.54. The third-order valence-corrected chi connectivity index (χ3v) is 7.81. The van der Waals surface area contributed by atoms with Crippen LogP contribution in [0.3, 0.4) is 0 Å². The summed E-state index contributed by atoms with van der Waals surface area (Å²) >= 11 is 0. The second-order valence-corrected chi connectivity index (χ2v) is 10.3. The second kappa shape index (κ2) is 9.62. The van der Waals surface area contributed by atoms with E-state index in [0.717, 1.165) is 76.2 Å². The number of aryl methyl sites for hydroxylation is 2. The van der Waals surface area contributed by atoms with Crippen molar-refractivity contribution in [3.63, 3.8) is 0 Å². The van der Waals surface area contributed by atoms with Gasteiger partial charge in [-0.15, -0.1) is 11.5 Å². The predicted molar refractivity (Wildman–Crippen MR) is 152 cm³/mol. The molecule has 0 radical (unpaired) electrons. The predicted octanol–water partition coefficient (Wildman–Crippen LogP) is 5.36. The van der Waals surface area contributed by atoms with Crippen LogP contribution < -0.4 is 4.90 Å². The van der Waals surface area contributed by atoms with Crippen LogP contribution in [0.1, 0.15) is 35.7 Å². The lowest BCUT2D eigenvalue weighted by Crippen LogP contribution is -2.27. The van der Waals surface area contributed by atoms with Gasteiger partial charge in [0.2, 0.25) is 0 Å². The zero-order valence-electron chi connectivity index (χ0n) is 22.3. The Morgan fingerprint density at radius 2 is 1.84 bits per heavy atom. The maximum absolute atomic E-state index is 6.18. The smallest absolute Gasteiger partial charge is 0.0973 e. The van der Waals surface area contributed by atoms with Gasteiger partial charge in [0.1, 0.15) is 0 Å². The average Bonchev–Trinajstić information content (AvgIpc) is 3.45. The molecule has 1 atom stereocenters. The van der Waals surface area contributed by atoms with E-state index in [2.05, 4.69) is 74.2 Å². The normalized spacial score (nSPS) is 15.1. The van der Waals surface area contributed by atoms with E-state index in [1.165, 1.54) is 5.56 Å². The molecule has 0 N–H and O–H groups in total. The van der Waals surface area contributed by atoms with E-state index >= 15 is 0 Å². The van der Waals surface area contributed by atoms with Gasteiger partial charge in [-0.2, -0.15) is 0 Å². The van der Waals surface area contributed by atoms with Crippen molar-refractivity contribution in [1.29, 1.82) is 0 Å². The Morgan fingerprint density at radius 3 is 2.50 bits per heavy atom. The van der Waals surface area contributed by atoms with Crippen molar-refractivity contribution in [2.75, 3.05) is 32.2 Å². The first kappa shape index (κ1) is 24.2. The van der Waals surface area contributed by atoms with E-state index in [0.29, 0.717) is 5.92 Å². The van der Waals surface area contributed by atoms with Gasteiger partial charge in [-0.25, -0.2) is 4.68 Å². The van der Waals surface area contributed by atoms with Crippen molar-refractivity contribution in [2.24, 2.45) is 13.0 Å². The minimum atomic E-state index is 0.110. The summed E-state index contributed by atoms with van der Waals surface area (Å²) in [7, 11) is 5.98. The molecular formula is C31H32N6O. The van der Waals surface area contributed by atoms with Gasteiger partial charge in [-0.1, -0.05) is 41.5 Å². The average molecular weight is 505 g/mol. The molecule has 1 saturated heterocycles. The maximum Gasteiger partial charge on any atom is 0.0973 e. The molecule has 6 rings (SSSR count). The molecule has 2 aromatic carbocycles. The minimum absolute atomic E-state index is 0.110. The van der Waals surface area contributed by atoms with Crippen molar-refractivity contribution in [3.05, 3.63) is 71.5 Å². The zero-order valence-corrected chi connectivity index (χ0v) is 22.3. The molecule has 7 heteroatoms. The van der Waals surface area contributed by atoms with E-state index in [-0.39, 0.29) is 6.04 Å². The molecule has 7 nitrogen and oxygen atoms in total. The lowest BCUT2D eigenvalue weighted by molar-refractivity contribution is 0.0553. The fourth-order valence-electron chi connectivity index (χ4n) is 6.10. The quantitative estimate of drug-likeness (QED) is 0.302. The number of fused-ring (bicyclic) bond motifs is 3. The van der Waals surface area contributed by atoms with Gasteiger partial charge < -0.3 is 14.2 Å². The molecule has 0 aliphatic carbocycles. The first-order valence-electron chi connectivity index (χ1n) is 13.1. The molecule has 1 fully saturated rings. The van der Waals surface area contributed by atoms with Crippen molar-refractivity contribution in [2.45, 2.75) is 25.8 Å². The van der Waals surface area contributed by atoms with Gasteiger partial charge in [0.15, 0.2) is 0 Å². The number of rotatable bonds is 5. The fourth-order valence-corrected chi connectivity index (χ4v) is 6.10. The molecule has 0 saturated carbocycles. The molecular weight excluding hydrogens is 472 g/mol. The number of nitrogens with zero attached hydrogens (tertiary/aromatic N) is 6. The summed E-state index contributed by atoms with van der Waals surface area (Å²) < 4.78 is 10.1. The molecule has 5 aromatic rings. The summed E-state index contributed by atoms with van der Waals surface area (Å²) in [6, 6.07) is 17.5. The second-order valence-electron chi connectivity index (χ2n) is 10.3. The largest absolute Gasteiger partial charge is 0.381 e. The summed E-state index contributed by atoms with van der Waals surface area (Å²) in [6.07, 6.45) is 10.1. The van der Waals surface area contributed by atoms with Crippen LogP contribution in [0.5, 0.6) is 0 Å². The van der Waals surface area contributed by atoms with Crippen LogP contribution >= 0.6 is 0 Å². The monoisotopic (exact) mass is 504 g/mol. The van der Waals surface area contributed by atoms with E-state index in [4.69, 9.17) is 16.1 Å². The van der Waals surface area contributed by atoms with Gasteiger partial charge in [0.25, 0.3) is 0 Å². The third-order valence-electron chi connectivity index (χ3n) is 7.81. The lowest BCUT2D eigenvalue weighted by Gasteiger charge is -2.33. The molecule has 0 amide bonds. The highest BCUT2D eigenvalue weighted by Gasteiger charge is 2.31. The Bertz CT molecular complexity index is 1650. The van der Waals surface area contributed by atoms with Crippen LogP contribution in [0.2, 0.25) is 0 Å². The summed E-state index contributed by atoms with van der Waals surface area (Å²) in [5.41, 5.74) is 9.06. The van der Waals surface area contributed by atoms with Gasteiger partial charge >= 0.3 is 0 Å². The maximum atomic E-state index is 6.18. The van der Waals surface area contributed by atoms with E-state index < -0.39 is 0 Å². The number of ether oxygens (including phenoxy) is 1. The van der Waals surface area contributed by atoms with Gasteiger partial charge in [0.05, 0.1) is 45.2 Å². The topological polar surface area (TPSA) is 61.0 Å². The minimum Gasteiger partial charge on any atom is -0.381 e. The lowest BCUT2D eigenvalue weighted by atomic mass is 9.86. The van der Waals surface area contributed by atoms with Crippen LogP contribution in [0.25, 0.3) is 33.2 Å². The van der Waals surface area contributed by atoms with Crippen molar-refractivity contribution in [3.8, 4) is 23.6 Å². The SMILES string of the molecule is C#Cc1c(N(C)C)ccc2c1c1ncc(-c3c(C)nnn3C)cc1n2[C@H](c1ccccc1)C1CCOCC1. The number of aromatic nitrogens is 5. The molecule has 1 aliphatic heterocycles. The highest BCUT2D eigenvalue weighted by molar-refractivity contribution is 6.11. The molecule has 1 aliphatic rings. The number of pyridine rings is 1. The molecule has 4 heterocycles. The highest BCUT2D eigenvalue weighted by atomic mass is 16.5. The number of hydrogen-bond donors (Lipinski definition) is 0. The Balaban J connectivity index is 1.73. The van der Waals surface area contributed by atoms with Crippen molar-refractivity contribution >= 4 is 27.6 Å². The Morgan fingerprint density at radius 1 is 1.08 bits per heavy atom. The van der Waals surface area contributed by atoms with Gasteiger partial charge in [-0.3, -0.25) is 4.98 Å². The van der Waals surface area contributed by atoms with Crippen LogP contribution in [-0.4, -0.2) is 51.9 Å². The fraction of sp³-hybridized carbons (Fsp3) is 0.323. The van der Waals surface area contributed by atoms with Crippen LogP contribution in [0.15, 0.2) is 54.7 Å². The van der Waals surface area contributed by atoms with Gasteiger partial charge in [0, 0.05) is 51.5 Å². The molecule has 0 spiro atoms. The molecule has 3 aromatic heterocycles. The van der Waals surface area contributed by atoms with E-state index in [1.807, 2.05) is 38.9 Å². The number of benzene rings is 2. The summed E-state index contributed by atoms with van der Waals surface area (Å²) in [5.74, 6) is 3.42. The highest BCUT2D eigenvalue weighted by Crippen LogP contribution is 2.43. The number of anilines is 1. The van der Waals surface area contributed by atoms with Crippen molar-refractivity contribution < 1.29 is 4.74 Å².